The average molecular weight is 260 g/mol. The van der Waals surface area contributed by atoms with Gasteiger partial charge in [0.25, 0.3) is 0 Å². The number of anilines is 1. The molecule has 1 aromatic rings. The van der Waals surface area contributed by atoms with Crippen molar-refractivity contribution in [2.24, 2.45) is 4.99 Å². The number of rotatable bonds is 8. The van der Waals surface area contributed by atoms with Gasteiger partial charge in [-0.25, -0.2) is 0 Å². The first-order valence-electron chi connectivity index (χ1n) is 7.41. The van der Waals surface area contributed by atoms with Crippen molar-refractivity contribution in [1.82, 2.24) is 0 Å². The molecule has 0 saturated carbocycles. The molecule has 0 bridgehead atoms. The Morgan fingerprint density at radius 3 is 2.47 bits per heavy atom. The van der Waals surface area contributed by atoms with Gasteiger partial charge >= 0.3 is 0 Å². The molecule has 1 unspecified atom stereocenters. The minimum Gasteiger partial charge on any atom is -0.382 e. The van der Waals surface area contributed by atoms with Gasteiger partial charge < -0.3 is 5.32 Å². The highest BCUT2D eigenvalue weighted by Gasteiger charge is 2.09. The van der Waals surface area contributed by atoms with Crippen LogP contribution in [0, 0.1) is 6.92 Å². The average Bonchev–Trinajstić information content (AvgIpc) is 2.41. The van der Waals surface area contributed by atoms with Gasteiger partial charge in [-0.2, -0.15) is 0 Å². The van der Waals surface area contributed by atoms with E-state index >= 15 is 0 Å². The molecule has 0 aromatic heterocycles. The molecule has 0 radical (unpaired) electrons. The van der Waals surface area contributed by atoms with E-state index in [2.05, 4.69) is 55.3 Å². The third-order valence-corrected chi connectivity index (χ3v) is 3.50. The summed E-state index contributed by atoms with van der Waals surface area (Å²) in [7, 11) is 1.88. The van der Waals surface area contributed by atoms with Crippen LogP contribution >= 0.6 is 0 Å². The second kappa shape index (κ2) is 8.73. The molecule has 1 N–H and O–H groups in total. The Balaban J connectivity index is 2.59. The molecule has 0 amide bonds. The van der Waals surface area contributed by atoms with Crippen molar-refractivity contribution in [2.45, 2.75) is 58.9 Å². The zero-order chi connectivity index (χ0) is 14.1. The van der Waals surface area contributed by atoms with Crippen molar-refractivity contribution >= 4 is 11.4 Å². The van der Waals surface area contributed by atoms with Gasteiger partial charge in [0.15, 0.2) is 0 Å². The molecule has 0 heterocycles. The Morgan fingerprint density at radius 1 is 1.21 bits per heavy atom. The first-order chi connectivity index (χ1) is 9.15. The SMILES string of the molecule is CCCCCC(CC(C)=NC)Nc1ccc(C)cc1. The highest BCUT2D eigenvalue weighted by molar-refractivity contribution is 5.82. The summed E-state index contributed by atoms with van der Waals surface area (Å²) in [6.07, 6.45) is 6.13. The molecule has 0 aliphatic carbocycles. The van der Waals surface area contributed by atoms with Crippen LogP contribution in [0.25, 0.3) is 0 Å². The molecule has 0 spiro atoms. The summed E-state index contributed by atoms with van der Waals surface area (Å²) < 4.78 is 0. The van der Waals surface area contributed by atoms with Crippen LogP contribution in [-0.2, 0) is 0 Å². The van der Waals surface area contributed by atoms with E-state index in [1.807, 2.05) is 7.05 Å². The van der Waals surface area contributed by atoms with E-state index in [4.69, 9.17) is 0 Å². The summed E-state index contributed by atoms with van der Waals surface area (Å²) >= 11 is 0. The summed E-state index contributed by atoms with van der Waals surface area (Å²) in [4.78, 5) is 4.29. The largest absolute Gasteiger partial charge is 0.382 e. The molecule has 1 aromatic carbocycles. The van der Waals surface area contributed by atoms with Gasteiger partial charge in [-0.1, -0.05) is 43.9 Å². The second-order valence-electron chi connectivity index (χ2n) is 5.37. The summed E-state index contributed by atoms with van der Waals surface area (Å²) in [5, 5.41) is 3.65. The first kappa shape index (κ1) is 15.7. The maximum atomic E-state index is 4.29. The van der Waals surface area contributed by atoms with E-state index in [1.54, 1.807) is 0 Å². The Morgan fingerprint density at radius 2 is 1.89 bits per heavy atom. The van der Waals surface area contributed by atoms with E-state index in [1.165, 1.54) is 42.6 Å². The number of aliphatic imine (C=N–C) groups is 1. The summed E-state index contributed by atoms with van der Waals surface area (Å²) in [5.74, 6) is 0. The van der Waals surface area contributed by atoms with E-state index < -0.39 is 0 Å². The lowest BCUT2D eigenvalue weighted by Gasteiger charge is -2.20. The number of hydrogen-bond acceptors (Lipinski definition) is 2. The van der Waals surface area contributed by atoms with Crippen LogP contribution < -0.4 is 5.32 Å². The van der Waals surface area contributed by atoms with E-state index in [9.17, 15) is 0 Å². The predicted octanol–water partition coefficient (Wildman–Crippen LogP) is 4.84. The quantitative estimate of drug-likeness (QED) is 0.525. The molecule has 2 nitrogen and oxygen atoms in total. The zero-order valence-corrected chi connectivity index (χ0v) is 12.9. The molecular formula is C17H28N2. The number of hydrogen-bond donors (Lipinski definition) is 1. The normalized spacial score (nSPS) is 13.4. The third kappa shape index (κ3) is 6.42. The van der Waals surface area contributed by atoms with Crippen LogP contribution in [0.4, 0.5) is 5.69 Å². The van der Waals surface area contributed by atoms with Gasteiger partial charge in [-0.15, -0.1) is 0 Å². The van der Waals surface area contributed by atoms with Crippen LogP contribution in [0.3, 0.4) is 0 Å². The second-order valence-corrected chi connectivity index (χ2v) is 5.37. The standard InChI is InChI=1S/C17H28N2/c1-5-6-7-8-17(13-15(3)18-4)19-16-11-9-14(2)10-12-16/h9-12,17,19H,5-8,13H2,1-4H3. The molecule has 0 aliphatic heterocycles. The highest BCUT2D eigenvalue weighted by atomic mass is 14.9. The lowest BCUT2D eigenvalue weighted by atomic mass is 10.0. The number of benzene rings is 1. The van der Waals surface area contributed by atoms with E-state index in [0.717, 1.165) is 6.42 Å². The first-order valence-corrected chi connectivity index (χ1v) is 7.41. The van der Waals surface area contributed by atoms with Gasteiger partial charge in [-0.05, 0) is 32.4 Å². The van der Waals surface area contributed by atoms with Crippen molar-refractivity contribution in [3.63, 3.8) is 0 Å². The summed E-state index contributed by atoms with van der Waals surface area (Å²) in [5.41, 5.74) is 3.75. The van der Waals surface area contributed by atoms with Crippen LogP contribution in [-0.4, -0.2) is 18.8 Å². The molecule has 106 valence electrons. The number of unbranched alkanes of at least 4 members (excludes halogenated alkanes) is 2. The fraction of sp³-hybridized carbons (Fsp3) is 0.588. The Kier molecular flexibility index (Phi) is 7.24. The molecule has 0 saturated heterocycles. The lowest BCUT2D eigenvalue weighted by molar-refractivity contribution is 0.597. The zero-order valence-electron chi connectivity index (χ0n) is 12.9. The van der Waals surface area contributed by atoms with E-state index in [0.29, 0.717) is 6.04 Å². The summed E-state index contributed by atoms with van der Waals surface area (Å²) in [6.45, 7) is 6.49. The van der Waals surface area contributed by atoms with Gasteiger partial charge in [0, 0.05) is 30.9 Å². The predicted molar refractivity (Wildman–Crippen MR) is 86.4 cm³/mol. The van der Waals surface area contributed by atoms with Crippen molar-refractivity contribution in [1.29, 1.82) is 0 Å². The maximum absolute atomic E-state index is 4.29. The Labute approximate surface area is 118 Å². The van der Waals surface area contributed by atoms with Crippen LogP contribution in [0.15, 0.2) is 29.3 Å². The number of nitrogens with one attached hydrogen (secondary N) is 1. The molecule has 2 heteroatoms. The third-order valence-electron chi connectivity index (χ3n) is 3.50. The number of aryl methyl sites for hydroxylation is 1. The monoisotopic (exact) mass is 260 g/mol. The molecule has 19 heavy (non-hydrogen) atoms. The molecular weight excluding hydrogens is 232 g/mol. The smallest absolute Gasteiger partial charge is 0.0342 e. The molecule has 1 atom stereocenters. The Hall–Kier alpha value is -1.31. The highest BCUT2D eigenvalue weighted by Crippen LogP contribution is 2.16. The molecule has 0 aliphatic rings. The summed E-state index contributed by atoms with van der Waals surface area (Å²) in [6, 6.07) is 9.15. The van der Waals surface area contributed by atoms with Crippen molar-refractivity contribution < 1.29 is 0 Å². The molecule has 1 rings (SSSR count). The minimum absolute atomic E-state index is 0.498. The van der Waals surface area contributed by atoms with Crippen LogP contribution in [0.5, 0.6) is 0 Å². The van der Waals surface area contributed by atoms with Gasteiger partial charge in [0.1, 0.15) is 0 Å². The maximum Gasteiger partial charge on any atom is 0.0342 e. The van der Waals surface area contributed by atoms with Gasteiger partial charge in [-0.3, -0.25) is 4.99 Å². The Bertz CT molecular complexity index is 379. The van der Waals surface area contributed by atoms with Gasteiger partial charge in [0.05, 0.1) is 0 Å². The van der Waals surface area contributed by atoms with Crippen molar-refractivity contribution in [3.05, 3.63) is 29.8 Å². The van der Waals surface area contributed by atoms with Crippen molar-refractivity contribution in [2.75, 3.05) is 12.4 Å². The van der Waals surface area contributed by atoms with Crippen LogP contribution in [0.2, 0.25) is 0 Å². The topological polar surface area (TPSA) is 24.4 Å². The van der Waals surface area contributed by atoms with Crippen molar-refractivity contribution in [3.8, 4) is 0 Å². The van der Waals surface area contributed by atoms with E-state index in [-0.39, 0.29) is 0 Å². The number of nitrogens with zero attached hydrogens (tertiary/aromatic N) is 1. The fourth-order valence-electron chi connectivity index (χ4n) is 2.20. The van der Waals surface area contributed by atoms with Gasteiger partial charge in [0.2, 0.25) is 0 Å². The fourth-order valence-corrected chi connectivity index (χ4v) is 2.20. The lowest BCUT2D eigenvalue weighted by Crippen LogP contribution is -2.22. The molecule has 0 fully saturated rings. The minimum atomic E-state index is 0.498. The van der Waals surface area contributed by atoms with Crippen LogP contribution in [0.1, 0.15) is 51.5 Å².